The first-order chi connectivity index (χ1) is 14.5. The highest BCUT2D eigenvalue weighted by Gasteiger charge is 2.31. The van der Waals surface area contributed by atoms with Crippen LogP contribution >= 0.6 is 35.6 Å². The molecule has 2 N–H and O–H groups in total. The number of hydrazine groups is 1. The minimum atomic E-state index is -0.0650. The number of nitrogens with one attached hydrogen (secondary N) is 2. The molecule has 1 heterocycles. The van der Waals surface area contributed by atoms with Crippen LogP contribution in [-0.4, -0.2) is 27.6 Å². The summed E-state index contributed by atoms with van der Waals surface area (Å²) in [6, 6.07) is 16.8. The van der Waals surface area contributed by atoms with E-state index in [2.05, 4.69) is 10.9 Å². The molecule has 1 fully saturated rings. The molecule has 0 aromatic heterocycles. The van der Waals surface area contributed by atoms with E-state index in [1.165, 1.54) is 11.8 Å². The first-order valence-electron chi connectivity index (χ1n) is 9.64. The minimum absolute atomic E-state index is 0.0598. The van der Waals surface area contributed by atoms with E-state index < -0.39 is 0 Å². The number of rotatable bonds is 9. The van der Waals surface area contributed by atoms with E-state index in [1.807, 2.05) is 48.5 Å². The number of hydrogen-bond acceptors (Lipinski definition) is 5. The summed E-state index contributed by atoms with van der Waals surface area (Å²) in [5.74, 6) is -0.125. The predicted molar refractivity (Wildman–Crippen MR) is 128 cm³/mol. The number of benzene rings is 2. The number of unbranched alkanes of at least 4 members (excludes halogenated alkanes) is 2. The molecule has 1 saturated heterocycles. The Morgan fingerprint density at radius 3 is 2.53 bits per heavy atom. The van der Waals surface area contributed by atoms with E-state index in [4.69, 9.17) is 23.8 Å². The Hall–Kier alpha value is -2.35. The van der Waals surface area contributed by atoms with Crippen molar-refractivity contribution in [1.29, 1.82) is 0 Å². The fourth-order valence-electron chi connectivity index (χ4n) is 2.86. The molecule has 0 atom stereocenters. The fourth-order valence-corrected chi connectivity index (χ4v) is 4.30. The Labute approximate surface area is 190 Å². The van der Waals surface area contributed by atoms with Crippen molar-refractivity contribution in [2.45, 2.75) is 25.7 Å². The van der Waals surface area contributed by atoms with E-state index in [-0.39, 0.29) is 11.8 Å². The summed E-state index contributed by atoms with van der Waals surface area (Å²) < 4.78 is 0.574. The maximum Gasteiger partial charge on any atom is 0.266 e. The lowest BCUT2D eigenvalue weighted by molar-refractivity contribution is -0.122. The van der Waals surface area contributed by atoms with Crippen LogP contribution in [0.2, 0.25) is 5.02 Å². The second kappa shape index (κ2) is 11.2. The van der Waals surface area contributed by atoms with Gasteiger partial charge in [0.05, 0.1) is 10.6 Å². The molecule has 0 aliphatic carbocycles. The van der Waals surface area contributed by atoms with E-state index in [0.29, 0.717) is 27.2 Å². The largest absolute Gasteiger partial charge is 0.299 e. The molecule has 0 unspecified atom stereocenters. The number of carbonyl (C=O) groups excluding carboxylic acids is 2. The van der Waals surface area contributed by atoms with Crippen molar-refractivity contribution in [3.8, 4) is 0 Å². The van der Waals surface area contributed by atoms with Gasteiger partial charge in [-0.25, -0.2) is 0 Å². The third kappa shape index (κ3) is 6.58. The van der Waals surface area contributed by atoms with Gasteiger partial charge in [0.1, 0.15) is 4.32 Å². The zero-order valence-corrected chi connectivity index (χ0v) is 18.7. The molecule has 5 nitrogen and oxygen atoms in total. The van der Waals surface area contributed by atoms with Crippen molar-refractivity contribution >= 4 is 63.5 Å². The molecule has 1 aliphatic rings. The lowest BCUT2D eigenvalue weighted by Gasteiger charge is -2.14. The molecule has 30 heavy (non-hydrogen) atoms. The van der Waals surface area contributed by atoms with Gasteiger partial charge >= 0.3 is 0 Å². The molecule has 8 heteroatoms. The average Bonchev–Trinajstić information content (AvgIpc) is 3.01. The predicted octanol–water partition coefficient (Wildman–Crippen LogP) is 5.24. The first-order valence-corrected chi connectivity index (χ1v) is 11.2. The molecule has 2 amide bonds. The standard InChI is InChI=1S/C22H22ClN3O2S2/c23-17-12-10-16(11-13-17)15-19-21(28)26(22(29)30-19)14-6-2-5-9-20(27)25-24-18-7-3-1-4-8-18/h1,3-4,7-8,10-13,15,24H,2,5-6,9,14H2,(H,25,27)/b19-15-. The van der Waals surface area contributed by atoms with Crippen LogP contribution in [0.25, 0.3) is 6.08 Å². The topological polar surface area (TPSA) is 61.4 Å². The van der Waals surface area contributed by atoms with Crippen molar-refractivity contribution in [2.24, 2.45) is 0 Å². The highest BCUT2D eigenvalue weighted by Crippen LogP contribution is 2.32. The second-order valence-electron chi connectivity index (χ2n) is 6.73. The van der Waals surface area contributed by atoms with Gasteiger partial charge in [0.2, 0.25) is 5.91 Å². The SMILES string of the molecule is O=C(CCCCCN1C(=O)/C(=C/c2ccc(Cl)cc2)SC1=S)NNc1ccccc1. The van der Waals surface area contributed by atoms with Gasteiger partial charge in [-0.1, -0.05) is 72.3 Å². The number of hydrogen-bond donors (Lipinski definition) is 2. The lowest BCUT2D eigenvalue weighted by Crippen LogP contribution is -2.29. The van der Waals surface area contributed by atoms with Crippen LogP contribution in [0, 0.1) is 0 Å². The second-order valence-corrected chi connectivity index (χ2v) is 8.85. The van der Waals surface area contributed by atoms with E-state index >= 15 is 0 Å². The smallest absolute Gasteiger partial charge is 0.266 e. The molecule has 156 valence electrons. The fraction of sp³-hybridized carbons (Fsp3) is 0.227. The Morgan fingerprint density at radius 2 is 1.80 bits per heavy atom. The molecular formula is C22H22ClN3O2S2. The van der Waals surface area contributed by atoms with Gasteiger partial charge in [-0.05, 0) is 48.7 Å². The number of thioether (sulfide) groups is 1. The number of thiocarbonyl (C=S) groups is 1. The highest BCUT2D eigenvalue weighted by atomic mass is 35.5. The number of anilines is 1. The summed E-state index contributed by atoms with van der Waals surface area (Å²) >= 11 is 12.6. The maximum atomic E-state index is 12.6. The summed E-state index contributed by atoms with van der Waals surface area (Å²) in [4.78, 5) is 26.8. The first kappa shape index (κ1) is 22.3. The summed E-state index contributed by atoms with van der Waals surface area (Å²) in [7, 11) is 0. The quantitative estimate of drug-likeness (QED) is 0.232. The van der Waals surface area contributed by atoms with Gasteiger partial charge < -0.3 is 0 Å². The molecule has 2 aromatic carbocycles. The van der Waals surface area contributed by atoms with Gasteiger partial charge in [-0.3, -0.25) is 25.3 Å². The van der Waals surface area contributed by atoms with Crippen LogP contribution in [0.5, 0.6) is 0 Å². The number of halogens is 1. The molecule has 3 rings (SSSR count). The third-order valence-corrected chi connectivity index (χ3v) is 6.08. The zero-order valence-electron chi connectivity index (χ0n) is 16.3. The summed E-state index contributed by atoms with van der Waals surface area (Å²) in [5, 5.41) is 0.657. The molecule has 0 spiro atoms. The molecule has 0 bridgehead atoms. The number of amides is 2. The minimum Gasteiger partial charge on any atom is -0.299 e. The van der Waals surface area contributed by atoms with Gasteiger partial charge in [0.15, 0.2) is 0 Å². The summed E-state index contributed by atoms with van der Waals surface area (Å²) in [6.07, 6.45) is 4.64. The number of carbonyl (C=O) groups is 2. The molecule has 0 radical (unpaired) electrons. The Bertz CT molecular complexity index is 933. The van der Waals surface area contributed by atoms with Crippen LogP contribution in [0.1, 0.15) is 31.2 Å². The Kier molecular flexibility index (Phi) is 8.30. The van der Waals surface area contributed by atoms with Gasteiger partial charge in [-0.15, -0.1) is 0 Å². The van der Waals surface area contributed by atoms with E-state index in [0.717, 1.165) is 30.5 Å². The number of para-hydroxylation sites is 1. The Balaban J connectivity index is 1.37. The van der Waals surface area contributed by atoms with E-state index in [1.54, 1.807) is 17.0 Å². The molecular weight excluding hydrogens is 438 g/mol. The zero-order chi connectivity index (χ0) is 21.3. The molecule has 2 aromatic rings. The summed E-state index contributed by atoms with van der Waals surface area (Å²) in [6.45, 7) is 0.562. The maximum absolute atomic E-state index is 12.6. The van der Waals surface area contributed by atoms with Crippen LogP contribution in [0.15, 0.2) is 59.5 Å². The van der Waals surface area contributed by atoms with Gasteiger partial charge in [0, 0.05) is 18.0 Å². The van der Waals surface area contributed by atoms with Crippen molar-refractivity contribution in [1.82, 2.24) is 10.3 Å². The lowest BCUT2D eigenvalue weighted by atomic mass is 10.2. The van der Waals surface area contributed by atoms with Gasteiger partial charge in [0.25, 0.3) is 5.91 Å². The van der Waals surface area contributed by atoms with Crippen molar-refractivity contribution in [2.75, 3.05) is 12.0 Å². The summed E-state index contributed by atoms with van der Waals surface area (Å²) in [5.41, 5.74) is 7.32. The monoisotopic (exact) mass is 459 g/mol. The van der Waals surface area contributed by atoms with Gasteiger partial charge in [-0.2, -0.15) is 0 Å². The highest BCUT2D eigenvalue weighted by molar-refractivity contribution is 8.26. The van der Waals surface area contributed by atoms with Crippen molar-refractivity contribution in [3.63, 3.8) is 0 Å². The van der Waals surface area contributed by atoms with Crippen LogP contribution < -0.4 is 10.9 Å². The van der Waals surface area contributed by atoms with Crippen LogP contribution in [-0.2, 0) is 9.59 Å². The van der Waals surface area contributed by atoms with E-state index in [9.17, 15) is 9.59 Å². The average molecular weight is 460 g/mol. The molecule has 0 saturated carbocycles. The molecule has 1 aliphatic heterocycles. The normalized spacial score (nSPS) is 15.0. The van der Waals surface area contributed by atoms with Crippen molar-refractivity contribution in [3.05, 3.63) is 70.1 Å². The number of nitrogens with zero attached hydrogens (tertiary/aromatic N) is 1. The third-order valence-electron chi connectivity index (χ3n) is 4.45. The van der Waals surface area contributed by atoms with Crippen LogP contribution in [0.4, 0.5) is 5.69 Å². The van der Waals surface area contributed by atoms with Crippen LogP contribution in [0.3, 0.4) is 0 Å². The van der Waals surface area contributed by atoms with Crippen molar-refractivity contribution < 1.29 is 9.59 Å². The Morgan fingerprint density at radius 1 is 1.07 bits per heavy atom.